The van der Waals surface area contributed by atoms with Crippen molar-refractivity contribution in [2.24, 2.45) is 0 Å². The lowest BCUT2D eigenvalue weighted by Gasteiger charge is -2.30. The second-order valence-corrected chi connectivity index (χ2v) is 11.4. The molecule has 0 spiro atoms. The highest BCUT2D eigenvalue weighted by molar-refractivity contribution is 8.26. The smallest absolute Gasteiger partial charge is 0.267 e. The van der Waals surface area contributed by atoms with E-state index >= 15 is 0 Å². The standard InChI is InChI=1S/C23H26N4O2S3/c1-15-6-5-9-26-19(15)24-20(25-10-12-31-13-11-25)17(21(26)28)14-18-22(29)27(23(30)32-18)16-7-3-2-4-8-16/h5-6,9,14,16H,2-4,7-8,10-13H2,1H3. The number of hydrogen-bond acceptors (Lipinski definition) is 7. The zero-order valence-electron chi connectivity index (χ0n) is 18.1. The molecule has 6 nitrogen and oxygen atoms in total. The van der Waals surface area contributed by atoms with E-state index in [-0.39, 0.29) is 17.5 Å². The number of thiocarbonyl (C=S) groups is 1. The molecule has 0 atom stereocenters. The lowest BCUT2D eigenvalue weighted by molar-refractivity contribution is -0.124. The number of aryl methyl sites for hydroxylation is 1. The Kier molecular flexibility index (Phi) is 6.31. The molecule has 0 radical (unpaired) electrons. The first-order valence-electron chi connectivity index (χ1n) is 11.2. The molecule has 1 amide bonds. The van der Waals surface area contributed by atoms with Crippen molar-refractivity contribution >= 4 is 63.5 Å². The SMILES string of the molecule is Cc1cccn2c(=O)c(C=C3SC(=S)N(C4CCCCC4)C3=O)c(N3CCSCC3)nc12. The Morgan fingerprint density at radius 1 is 1.16 bits per heavy atom. The number of fused-ring (bicyclic) bond motifs is 1. The monoisotopic (exact) mass is 486 g/mol. The Hall–Kier alpha value is -1.84. The van der Waals surface area contributed by atoms with Crippen LogP contribution in [0.25, 0.3) is 11.7 Å². The molecule has 1 aliphatic carbocycles. The minimum atomic E-state index is -0.144. The van der Waals surface area contributed by atoms with E-state index in [4.69, 9.17) is 17.2 Å². The zero-order valence-corrected chi connectivity index (χ0v) is 20.5. The zero-order chi connectivity index (χ0) is 22.2. The van der Waals surface area contributed by atoms with Crippen LogP contribution < -0.4 is 10.5 Å². The van der Waals surface area contributed by atoms with E-state index in [1.165, 1.54) is 18.2 Å². The van der Waals surface area contributed by atoms with Gasteiger partial charge in [-0.1, -0.05) is 49.3 Å². The van der Waals surface area contributed by atoms with Crippen molar-refractivity contribution in [2.75, 3.05) is 29.5 Å². The maximum absolute atomic E-state index is 13.6. The molecule has 2 aromatic rings. The minimum Gasteiger partial charge on any atom is -0.354 e. The molecule has 0 N–H and O–H groups in total. The van der Waals surface area contributed by atoms with Gasteiger partial charge in [-0.3, -0.25) is 18.9 Å². The second-order valence-electron chi connectivity index (χ2n) is 8.48. The van der Waals surface area contributed by atoms with Crippen LogP contribution in [0.1, 0.15) is 43.2 Å². The summed E-state index contributed by atoms with van der Waals surface area (Å²) < 4.78 is 2.19. The van der Waals surface area contributed by atoms with Crippen LogP contribution >= 0.6 is 35.7 Å². The molecule has 0 aromatic carbocycles. The van der Waals surface area contributed by atoms with Gasteiger partial charge in [-0.15, -0.1) is 0 Å². The lowest BCUT2D eigenvalue weighted by Crippen LogP contribution is -2.39. The fourth-order valence-electron chi connectivity index (χ4n) is 4.71. The van der Waals surface area contributed by atoms with Crippen molar-refractivity contribution in [2.45, 2.75) is 45.1 Å². The first-order valence-corrected chi connectivity index (χ1v) is 13.5. The van der Waals surface area contributed by atoms with E-state index in [2.05, 4.69) is 4.90 Å². The van der Waals surface area contributed by atoms with E-state index < -0.39 is 0 Å². The molecule has 168 valence electrons. The van der Waals surface area contributed by atoms with E-state index in [1.807, 2.05) is 30.8 Å². The minimum absolute atomic E-state index is 0.0687. The van der Waals surface area contributed by atoms with Crippen LogP contribution in [0, 0.1) is 6.92 Å². The number of nitrogens with zero attached hydrogens (tertiary/aromatic N) is 4. The molecule has 2 aromatic heterocycles. The number of hydrogen-bond donors (Lipinski definition) is 0. The molecule has 2 aliphatic heterocycles. The van der Waals surface area contributed by atoms with E-state index in [1.54, 1.807) is 21.6 Å². The molecule has 32 heavy (non-hydrogen) atoms. The summed E-state index contributed by atoms with van der Waals surface area (Å²) in [5.74, 6) is 2.60. The van der Waals surface area contributed by atoms with Crippen molar-refractivity contribution in [1.82, 2.24) is 14.3 Å². The van der Waals surface area contributed by atoms with Crippen LogP contribution in [0.2, 0.25) is 0 Å². The summed E-state index contributed by atoms with van der Waals surface area (Å²) in [6.45, 7) is 3.64. The first-order chi connectivity index (χ1) is 15.5. The molecule has 1 saturated carbocycles. The molecule has 3 aliphatic rings. The number of anilines is 1. The van der Waals surface area contributed by atoms with E-state index in [9.17, 15) is 9.59 Å². The average molecular weight is 487 g/mol. The molecular weight excluding hydrogens is 460 g/mol. The van der Waals surface area contributed by atoms with Crippen LogP contribution in [0.5, 0.6) is 0 Å². The van der Waals surface area contributed by atoms with Crippen LogP contribution in [-0.2, 0) is 4.79 Å². The predicted molar refractivity (Wildman–Crippen MR) is 138 cm³/mol. The highest BCUT2D eigenvalue weighted by Crippen LogP contribution is 2.38. The highest BCUT2D eigenvalue weighted by atomic mass is 32.2. The number of thioether (sulfide) groups is 2. The van der Waals surface area contributed by atoms with Crippen molar-refractivity contribution in [3.05, 3.63) is 44.7 Å². The Balaban J connectivity index is 1.60. The molecule has 9 heteroatoms. The number of carbonyl (C=O) groups is 1. The summed E-state index contributed by atoms with van der Waals surface area (Å²) in [5, 5.41) is 0. The number of carbonyl (C=O) groups excluding carboxylic acids is 1. The van der Waals surface area contributed by atoms with Gasteiger partial charge < -0.3 is 4.90 Å². The molecule has 4 heterocycles. The van der Waals surface area contributed by atoms with Gasteiger partial charge in [0, 0.05) is 36.8 Å². The topological polar surface area (TPSA) is 57.9 Å². The second kappa shape index (κ2) is 9.19. The van der Waals surface area contributed by atoms with Crippen LogP contribution in [0.4, 0.5) is 5.82 Å². The van der Waals surface area contributed by atoms with Gasteiger partial charge >= 0.3 is 0 Å². The van der Waals surface area contributed by atoms with Crippen LogP contribution in [-0.4, -0.2) is 55.1 Å². The Morgan fingerprint density at radius 3 is 2.66 bits per heavy atom. The summed E-state index contributed by atoms with van der Waals surface area (Å²) in [4.78, 5) is 36.3. The van der Waals surface area contributed by atoms with Gasteiger partial charge in [0.2, 0.25) is 0 Å². The maximum atomic E-state index is 13.6. The van der Waals surface area contributed by atoms with Gasteiger partial charge in [0.1, 0.15) is 15.8 Å². The molecule has 5 rings (SSSR count). The first kappa shape index (κ1) is 22.0. The van der Waals surface area contributed by atoms with Crippen molar-refractivity contribution in [3.63, 3.8) is 0 Å². The van der Waals surface area contributed by atoms with Crippen molar-refractivity contribution in [1.29, 1.82) is 0 Å². The van der Waals surface area contributed by atoms with Gasteiger partial charge in [-0.25, -0.2) is 4.98 Å². The summed E-state index contributed by atoms with van der Waals surface area (Å²) in [6.07, 6.45) is 8.96. The normalized spacial score (nSPS) is 21.8. The lowest BCUT2D eigenvalue weighted by atomic mass is 9.94. The number of aromatic nitrogens is 2. The Morgan fingerprint density at radius 2 is 1.91 bits per heavy atom. The third kappa shape index (κ3) is 3.99. The van der Waals surface area contributed by atoms with Crippen molar-refractivity contribution < 1.29 is 4.79 Å². The number of pyridine rings is 1. The Bertz CT molecular complexity index is 1160. The highest BCUT2D eigenvalue weighted by Gasteiger charge is 2.38. The summed E-state index contributed by atoms with van der Waals surface area (Å²) in [6, 6.07) is 4.00. The number of rotatable bonds is 3. The third-order valence-corrected chi connectivity index (χ3v) is 8.69. The van der Waals surface area contributed by atoms with E-state index in [0.29, 0.717) is 26.3 Å². The summed E-state index contributed by atoms with van der Waals surface area (Å²) in [7, 11) is 0. The van der Waals surface area contributed by atoms with E-state index in [0.717, 1.165) is 55.8 Å². The fraction of sp³-hybridized carbons (Fsp3) is 0.478. The van der Waals surface area contributed by atoms with Gasteiger partial charge in [-0.05, 0) is 37.5 Å². The summed E-state index contributed by atoms with van der Waals surface area (Å²) >= 11 is 8.81. The molecule has 0 unspecified atom stereocenters. The molecule has 3 fully saturated rings. The van der Waals surface area contributed by atoms with Crippen LogP contribution in [0.15, 0.2) is 28.0 Å². The quantitative estimate of drug-likeness (QED) is 0.478. The van der Waals surface area contributed by atoms with Crippen LogP contribution in [0.3, 0.4) is 0 Å². The predicted octanol–water partition coefficient (Wildman–Crippen LogP) is 4.09. The van der Waals surface area contributed by atoms with Gasteiger partial charge in [0.25, 0.3) is 11.5 Å². The van der Waals surface area contributed by atoms with Crippen molar-refractivity contribution in [3.8, 4) is 0 Å². The number of amides is 1. The molecular formula is C23H26N4O2S3. The summed E-state index contributed by atoms with van der Waals surface area (Å²) in [5.41, 5.74) is 1.95. The third-order valence-electron chi connectivity index (χ3n) is 6.41. The van der Waals surface area contributed by atoms with Gasteiger partial charge in [0.15, 0.2) is 0 Å². The fourth-order valence-corrected chi connectivity index (χ4v) is 6.99. The average Bonchev–Trinajstić information content (AvgIpc) is 3.10. The van der Waals surface area contributed by atoms with Gasteiger partial charge in [0.05, 0.1) is 10.5 Å². The largest absolute Gasteiger partial charge is 0.354 e. The molecule has 2 saturated heterocycles. The maximum Gasteiger partial charge on any atom is 0.267 e. The molecule has 0 bridgehead atoms. The van der Waals surface area contributed by atoms with Gasteiger partial charge in [-0.2, -0.15) is 11.8 Å². The Labute approximate surface area is 201 Å².